The van der Waals surface area contributed by atoms with Crippen LogP contribution in [0.25, 0.3) is 0 Å². The van der Waals surface area contributed by atoms with E-state index in [0.29, 0.717) is 0 Å². The highest BCUT2D eigenvalue weighted by Gasteiger charge is 2.14. The summed E-state index contributed by atoms with van der Waals surface area (Å²) >= 11 is 4.93. The highest BCUT2D eigenvalue weighted by molar-refractivity contribution is 9.11. The number of thiophene rings is 1. The average Bonchev–Trinajstić information content (AvgIpc) is 2.59. The summed E-state index contributed by atoms with van der Waals surface area (Å²) in [4.78, 5) is 13.0. The summed E-state index contributed by atoms with van der Waals surface area (Å²) in [5.41, 5.74) is 2.92. The second-order valence-corrected chi connectivity index (χ2v) is 6.08. The minimum absolute atomic E-state index is 0.108. The van der Waals surface area contributed by atoms with Gasteiger partial charge in [-0.1, -0.05) is 24.3 Å². The molecule has 16 heavy (non-hydrogen) atoms. The molecule has 0 bridgehead atoms. The van der Waals surface area contributed by atoms with Crippen molar-refractivity contribution in [3.63, 3.8) is 0 Å². The van der Waals surface area contributed by atoms with Crippen molar-refractivity contribution in [3.8, 4) is 0 Å². The summed E-state index contributed by atoms with van der Waals surface area (Å²) in [5, 5.41) is 0. The van der Waals surface area contributed by atoms with Crippen molar-refractivity contribution in [1.29, 1.82) is 0 Å². The van der Waals surface area contributed by atoms with Gasteiger partial charge >= 0.3 is 0 Å². The van der Waals surface area contributed by atoms with Gasteiger partial charge in [0.2, 0.25) is 5.78 Å². The first-order chi connectivity index (χ1) is 7.59. The molecule has 0 aliphatic rings. The third kappa shape index (κ3) is 2.11. The largest absolute Gasteiger partial charge is 0.288 e. The Morgan fingerprint density at radius 2 is 1.88 bits per heavy atom. The summed E-state index contributed by atoms with van der Waals surface area (Å²) in [6.45, 7) is 3.96. The summed E-state index contributed by atoms with van der Waals surface area (Å²) < 4.78 is 1.03. The van der Waals surface area contributed by atoms with E-state index < -0.39 is 0 Å². The fraction of sp³-hybridized carbons (Fsp3) is 0.154. The van der Waals surface area contributed by atoms with E-state index in [1.165, 1.54) is 11.3 Å². The average molecular weight is 295 g/mol. The molecule has 2 aromatic rings. The number of ketones is 1. The second-order valence-electron chi connectivity index (χ2n) is 3.71. The Morgan fingerprint density at radius 3 is 2.44 bits per heavy atom. The lowest BCUT2D eigenvalue weighted by Gasteiger charge is -2.01. The topological polar surface area (TPSA) is 17.1 Å². The Balaban J connectivity index is 2.43. The van der Waals surface area contributed by atoms with E-state index in [4.69, 9.17) is 0 Å². The highest BCUT2D eigenvalue weighted by Crippen LogP contribution is 2.29. The lowest BCUT2D eigenvalue weighted by atomic mass is 10.0. The maximum absolute atomic E-state index is 12.2. The van der Waals surface area contributed by atoms with Crippen molar-refractivity contribution in [2.24, 2.45) is 0 Å². The van der Waals surface area contributed by atoms with E-state index in [0.717, 1.165) is 25.4 Å². The molecule has 0 radical (unpaired) electrons. The van der Waals surface area contributed by atoms with E-state index in [-0.39, 0.29) is 5.78 Å². The number of hydrogen-bond donors (Lipinski definition) is 0. The number of rotatable bonds is 2. The number of carbonyl (C=O) groups excluding carboxylic acids is 1. The molecular weight excluding hydrogens is 284 g/mol. The molecule has 82 valence electrons. The maximum Gasteiger partial charge on any atom is 0.203 e. The van der Waals surface area contributed by atoms with E-state index in [1.54, 1.807) is 0 Å². The fourth-order valence-corrected chi connectivity index (χ4v) is 3.02. The van der Waals surface area contributed by atoms with Crippen LogP contribution in [0.15, 0.2) is 34.1 Å². The van der Waals surface area contributed by atoms with E-state index in [9.17, 15) is 4.79 Å². The Labute approximate surface area is 107 Å². The van der Waals surface area contributed by atoms with Crippen LogP contribution in [0.1, 0.15) is 26.4 Å². The molecule has 0 aliphatic carbocycles. The predicted molar refractivity (Wildman–Crippen MR) is 71.4 cm³/mol. The number of aryl methyl sites for hydroxylation is 2. The fourth-order valence-electron chi connectivity index (χ4n) is 1.53. The maximum atomic E-state index is 12.2. The van der Waals surface area contributed by atoms with Crippen LogP contribution < -0.4 is 0 Å². The normalized spacial score (nSPS) is 10.4. The Hall–Kier alpha value is -0.930. The number of carbonyl (C=O) groups is 1. The van der Waals surface area contributed by atoms with Crippen molar-refractivity contribution in [3.05, 3.63) is 55.7 Å². The monoisotopic (exact) mass is 294 g/mol. The Bertz CT molecular complexity index is 523. The summed E-state index contributed by atoms with van der Waals surface area (Å²) in [7, 11) is 0. The van der Waals surface area contributed by atoms with E-state index in [1.807, 2.05) is 44.2 Å². The predicted octanol–water partition coefficient (Wildman–Crippen LogP) is 4.36. The SMILES string of the molecule is Cc1ccccc1C(=O)c1cc(C)c(Br)s1. The molecule has 0 N–H and O–H groups in total. The zero-order valence-corrected chi connectivity index (χ0v) is 11.5. The number of hydrogen-bond acceptors (Lipinski definition) is 2. The lowest BCUT2D eigenvalue weighted by molar-refractivity contribution is 0.104. The molecule has 0 saturated carbocycles. The van der Waals surface area contributed by atoms with Gasteiger partial charge in [0.1, 0.15) is 0 Å². The first kappa shape index (κ1) is 11.6. The van der Waals surface area contributed by atoms with Crippen LogP contribution in [-0.4, -0.2) is 5.78 Å². The smallest absolute Gasteiger partial charge is 0.203 e. The molecule has 0 saturated heterocycles. The molecule has 0 aliphatic heterocycles. The molecular formula is C13H11BrOS. The van der Waals surface area contributed by atoms with Gasteiger partial charge in [-0.15, -0.1) is 11.3 Å². The zero-order chi connectivity index (χ0) is 11.7. The molecule has 1 aromatic carbocycles. The quantitative estimate of drug-likeness (QED) is 0.752. The van der Waals surface area contributed by atoms with Crippen LogP contribution in [0.3, 0.4) is 0 Å². The Kier molecular flexibility index (Phi) is 3.26. The van der Waals surface area contributed by atoms with Crippen molar-refractivity contribution in [2.75, 3.05) is 0 Å². The number of benzene rings is 1. The minimum Gasteiger partial charge on any atom is -0.288 e. The second kappa shape index (κ2) is 4.52. The van der Waals surface area contributed by atoms with Gasteiger partial charge in [-0.3, -0.25) is 4.79 Å². The van der Waals surface area contributed by atoms with E-state index in [2.05, 4.69) is 15.9 Å². The molecule has 1 heterocycles. The first-order valence-electron chi connectivity index (χ1n) is 4.96. The molecule has 1 nitrogen and oxygen atoms in total. The molecule has 0 atom stereocenters. The number of halogens is 1. The van der Waals surface area contributed by atoms with Crippen molar-refractivity contribution in [2.45, 2.75) is 13.8 Å². The van der Waals surface area contributed by atoms with Gasteiger partial charge in [-0.2, -0.15) is 0 Å². The molecule has 3 heteroatoms. The first-order valence-corrected chi connectivity index (χ1v) is 6.57. The minimum atomic E-state index is 0.108. The Morgan fingerprint density at radius 1 is 1.19 bits per heavy atom. The highest BCUT2D eigenvalue weighted by atomic mass is 79.9. The van der Waals surface area contributed by atoms with Crippen LogP contribution in [0.5, 0.6) is 0 Å². The van der Waals surface area contributed by atoms with Crippen LogP contribution in [0.2, 0.25) is 0 Å². The van der Waals surface area contributed by atoms with Crippen LogP contribution in [-0.2, 0) is 0 Å². The van der Waals surface area contributed by atoms with Crippen LogP contribution >= 0.6 is 27.3 Å². The van der Waals surface area contributed by atoms with Gasteiger partial charge in [-0.05, 0) is 47.0 Å². The van der Waals surface area contributed by atoms with Crippen molar-refractivity contribution in [1.82, 2.24) is 0 Å². The van der Waals surface area contributed by atoms with Gasteiger partial charge in [0.15, 0.2) is 0 Å². The van der Waals surface area contributed by atoms with E-state index >= 15 is 0 Å². The molecule has 1 aromatic heterocycles. The third-order valence-electron chi connectivity index (χ3n) is 2.47. The molecule has 0 fully saturated rings. The summed E-state index contributed by atoms with van der Waals surface area (Å²) in [6.07, 6.45) is 0. The van der Waals surface area contributed by atoms with Gasteiger partial charge in [0, 0.05) is 5.56 Å². The van der Waals surface area contributed by atoms with Crippen LogP contribution in [0.4, 0.5) is 0 Å². The van der Waals surface area contributed by atoms with Gasteiger partial charge < -0.3 is 0 Å². The molecule has 0 amide bonds. The third-order valence-corrected chi connectivity index (χ3v) is 4.61. The van der Waals surface area contributed by atoms with Gasteiger partial charge in [0.05, 0.1) is 8.66 Å². The summed E-state index contributed by atoms with van der Waals surface area (Å²) in [5.74, 6) is 0.108. The lowest BCUT2D eigenvalue weighted by Crippen LogP contribution is -2.00. The zero-order valence-electron chi connectivity index (χ0n) is 9.08. The van der Waals surface area contributed by atoms with Crippen molar-refractivity contribution >= 4 is 33.0 Å². The van der Waals surface area contributed by atoms with Gasteiger partial charge in [0.25, 0.3) is 0 Å². The molecule has 0 unspecified atom stereocenters. The summed E-state index contributed by atoms with van der Waals surface area (Å²) in [6, 6.07) is 9.62. The standard InChI is InChI=1S/C13H11BrOS/c1-8-5-3-4-6-10(8)12(15)11-7-9(2)13(14)16-11/h3-7H,1-2H3. The van der Waals surface area contributed by atoms with Crippen LogP contribution in [0, 0.1) is 13.8 Å². The molecule has 2 rings (SSSR count). The van der Waals surface area contributed by atoms with Gasteiger partial charge in [-0.25, -0.2) is 0 Å². The van der Waals surface area contributed by atoms with Crippen molar-refractivity contribution < 1.29 is 4.79 Å². The molecule has 0 spiro atoms.